The van der Waals surface area contributed by atoms with Crippen molar-refractivity contribution in [2.24, 2.45) is 0 Å². The van der Waals surface area contributed by atoms with Crippen LogP contribution in [0.4, 0.5) is 19.0 Å². The zero-order valence-corrected chi connectivity index (χ0v) is 17.0. The molecule has 1 saturated heterocycles. The Hall–Kier alpha value is -2.39. The van der Waals surface area contributed by atoms with Crippen LogP contribution in [0.3, 0.4) is 0 Å². The average molecular weight is 437 g/mol. The molecule has 5 rings (SSSR count). The van der Waals surface area contributed by atoms with Gasteiger partial charge < -0.3 is 20.7 Å². The Kier molecular flexibility index (Phi) is 6.07. The third kappa shape index (κ3) is 4.62. The molecule has 2 bridgehead atoms. The van der Waals surface area contributed by atoms with Gasteiger partial charge in [-0.3, -0.25) is 0 Å². The van der Waals surface area contributed by atoms with Crippen molar-refractivity contribution in [1.29, 1.82) is 0 Å². The maximum absolute atomic E-state index is 12.8. The van der Waals surface area contributed by atoms with E-state index < -0.39 is 17.5 Å². The molecule has 1 aromatic heterocycles. The van der Waals surface area contributed by atoms with Gasteiger partial charge in [0.05, 0.1) is 23.9 Å². The molecule has 2 aliphatic heterocycles. The third-order valence-electron chi connectivity index (χ3n) is 6.16. The van der Waals surface area contributed by atoms with Crippen LogP contribution in [-0.4, -0.2) is 32.6 Å². The molecule has 1 aliphatic carbocycles. The van der Waals surface area contributed by atoms with Crippen LogP contribution < -0.4 is 5.73 Å². The Labute approximate surface area is 178 Å². The number of rotatable bonds is 1. The molecule has 2 atom stereocenters. The van der Waals surface area contributed by atoms with E-state index in [0.29, 0.717) is 18.2 Å². The Bertz CT molecular complexity index is 946. The van der Waals surface area contributed by atoms with Crippen molar-refractivity contribution in [3.63, 3.8) is 0 Å². The van der Waals surface area contributed by atoms with Crippen LogP contribution in [0.1, 0.15) is 67.7 Å². The number of hydrogen-bond donors (Lipinski definition) is 3. The number of anilines is 1. The van der Waals surface area contributed by atoms with Gasteiger partial charge in [-0.2, -0.15) is 13.2 Å². The van der Waals surface area contributed by atoms with Crippen LogP contribution in [0.15, 0.2) is 18.2 Å². The SMILES string of the molecule is Nc1nnc(-c2ccc(C(F)(F)F)cc2O)c2c1C1CCC(C2)O1.OC1CCCCC1. The first kappa shape index (κ1) is 21.8. The standard InChI is InChI=1S/C16H14F3N3O2.C6H12O/c17-16(18,19)7-1-3-9(11(23)5-7)14-10-6-8-2-4-12(24-8)13(10)15(20)22-21-14;7-6-4-2-1-3-5-6/h1,3,5,8,12,23H,2,4,6H2,(H2,20,22);6-7H,1-5H2. The zero-order valence-electron chi connectivity index (χ0n) is 17.0. The second kappa shape index (κ2) is 8.63. The van der Waals surface area contributed by atoms with Gasteiger partial charge in [-0.1, -0.05) is 19.3 Å². The number of nitrogen functional groups attached to an aromatic ring is 1. The van der Waals surface area contributed by atoms with Crippen molar-refractivity contribution < 1.29 is 28.1 Å². The Morgan fingerprint density at radius 1 is 1.03 bits per heavy atom. The molecule has 9 heteroatoms. The lowest BCUT2D eigenvalue weighted by molar-refractivity contribution is -0.137. The molecule has 0 amide bonds. The second-order valence-corrected chi connectivity index (χ2v) is 8.38. The van der Waals surface area contributed by atoms with Crippen molar-refractivity contribution in [2.75, 3.05) is 5.73 Å². The minimum Gasteiger partial charge on any atom is -0.507 e. The quantitative estimate of drug-likeness (QED) is 0.606. The maximum Gasteiger partial charge on any atom is 0.416 e. The van der Waals surface area contributed by atoms with Crippen LogP contribution in [0.2, 0.25) is 0 Å². The lowest BCUT2D eigenvalue weighted by Crippen LogP contribution is -2.21. The maximum atomic E-state index is 12.8. The first-order chi connectivity index (χ1) is 14.7. The number of aliphatic hydroxyl groups excluding tert-OH is 1. The molecule has 168 valence electrons. The van der Waals surface area contributed by atoms with Crippen molar-refractivity contribution in [1.82, 2.24) is 10.2 Å². The molecule has 2 aromatic rings. The van der Waals surface area contributed by atoms with Crippen LogP contribution in [0.25, 0.3) is 11.3 Å². The molecule has 6 nitrogen and oxygen atoms in total. The number of alkyl halides is 3. The van der Waals surface area contributed by atoms with Gasteiger partial charge in [-0.15, -0.1) is 10.2 Å². The van der Waals surface area contributed by atoms with Crippen LogP contribution in [0, 0.1) is 0 Å². The van der Waals surface area contributed by atoms with E-state index in [1.807, 2.05) is 0 Å². The number of nitrogens with zero attached hydrogens (tertiary/aromatic N) is 2. The molecule has 0 radical (unpaired) electrons. The summed E-state index contributed by atoms with van der Waals surface area (Å²) < 4.78 is 44.1. The number of benzene rings is 1. The first-order valence-corrected chi connectivity index (χ1v) is 10.6. The highest BCUT2D eigenvalue weighted by Gasteiger charge is 2.38. The van der Waals surface area contributed by atoms with E-state index in [0.717, 1.165) is 42.9 Å². The van der Waals surface area contributed by atoms with Gasteiger partial charge in [0.1, 0.15) is 11.4 Å². The molecule has 1 saturated carbocycles. The molecule has 3 aliphatic rings. The molecular formula is C22H26F3N3O3. The summed E-state index contributed by atoms with van der Waals surface area (Å²) >= 11 is 0. The van der Waals surface area contributed by atoms with E-state index in [-0.39, 0.29) is 29.7 Å². The number of hydrogen-bond acceptors (Lipinski definition) is 6. The van der Waals surface area contributed by atoms with Gasteiger partial charge in [0.2, 0.25) is 0 Å². The summed E-state index contributed by atoms with van der Waals surface area (Å²) in [6.07, 6.45) is 3.55. The van der Waals surface area contributed by atoms with Crippen LogP contribution in [-0.2, 0) is 17.3 Å². The highest BCUT2D eigenvalue weighted by molar-refractivity contribution is 5.73. The number of fused-ring (bicyclic) bond motifs is 4. The number of phenols is 1. The fraction of sp³-hybridized carbons (Fsp3) is 0.545. The van der Waals surface area contributed by atoms with Gasteiger partial charge in [-0.25, -0.2) is 0 Å². The average Bonchev–Trinajstić information content (AvgIpc) is 3.09. The molecule has 4 N–H and O–H groups in total. The summed E-state index contributed by atoms with van der Waals surface area (Å²) in [6.45, 7) is 0. The number of nitrogens with two attached hydrogens (primary N) is 1. The van der Waals surface area contributed by atoms with Gasteiger partial charge >= 0.3 is 6.18 Å². The van der Waals surface area contributed by atoms with Crippen molar-refractivity contribution >= 4 is 5.82 Å². The van der Waals surface area contributed by atoms with Crippen molar-refractivity contribution in [3.8, 4) is 17.0 Å². The predicted molar refractivity (Wildman–Crippen MR) is 108 cm³/mol. The van der Waals surface area contributed by atoms with Crippen LogP contribution >= 0.6 is 0 Å². The van der Waals surface area contributed by atoms with Crippen molar-refractivity contribution in [3.05, 3.63) is 34.9 Å². The molecule has 0 spiro atoms. The summed E-state index contributed by atoms with van der Waals surface area (Å²) in [5.74, 6) is -0.213. The number of aromatic hydroxyl groups is 1. The molecule has 31 heavy (non-hydrogen) atoms. The van der Waals surface area contributed by atoms with Gasteiger partial charge in [0.25, 0.3) is 0 Å². The number of phenolic OH excluding ortho intramolecular Hbond substituents is 1. The van der Waals surface area contributed by atoms with E-state index in [2.05, 4.69) is 10.2 Å². The molecule has 2 unspecified atom stereocenters. The van der Waals surface area contributed by atoms with E-state index in [9.17, 15) is 18.3 Å². The minimum atomic E-state index is -4.52. The smallest absolute Gasteiger partial charge is 0.416 e. The Morgan fingerprint density at radius 3 is 2.39 bits per heavy atom. The highest BCUT2D eigenvalue weighted by Crippen LogP contribution is 2.46. The lowest BCUT2D eigenvalue weighted by atomic mass is 9.93. The monoisotopic (exact) mass is 437 g/mol. The summed E-state index contributed by atoms with van der Waals surface area (Å²) in [4.78, 5) is 0. The molecule has 3 heterocycles. The summed E-state index contributed by atoms with van der Waals surface area (Å²) in [6, 6.07) is 2.84. The summed E-state index contributed by atoms with van der Waals surface area (Å²) in [5, 5.41) is 27.0. The Morgan fingerprint density at radius 2 is 1.77 bits per heavy atom. The van der Waals surface area contributed by atoms with Gasteiger partial charge in [0.15, 0.2) is 5.82 Å². The van der Waals surface area contributed by atoms with Crippen molar-refractivity contribution in [2.45, 2.75) is 75.9 Å². The van der Waals surface area contributed by atoms with E-state index >= 15 is 0 Å². The van der Waals surface area contributed by atoms with Crippen LogP contribution in [0.5, 0.6) is 5.75 Å². The normalized spacial score (nSPS) is 23.1. The number of aromatic nitrogens is 2. The largest absolute Gasteiger partial charge is 0.507 e. The minimum absolute atomic E-state index is 0.0359. The number of aliphatic hydroxyl groups is 1. The second-order valence-electron chi connectivity index (χ2n) is 8.38. The first-order valence-electron chi connectivity index (χ1n) is 10.6. The zero-order chi connectivity index (χ0) is 22.2. The summed E-state index contributed by atoms with van der Waals surface area (Å²) in [5.41, 5.74) is 7.14. The highest BCUT2D eigenvalue weighted by atomic mass is 19.4. The fourth-order valence-corrected chi connectivity index (χ4v) is 4.57. The number of ether oxygens (including phenoxy) is 1. The molecular weight excluding hydrogens is 411 g/mol. The van der Waals surface area contributed by atoms with Gasteiger partial charge in [-0.05, 0) is 49.4 Å². The number of halogens is 3. The van der Waals surface area contributed by atoms with E-state index in [4.69, 9.17) is 15.6 Å². The molecule has 2 fully saturated rings. The van der Waals surface area contributed by atoms with E-state index in [1.54, 1.807) is 0 Å². The van der Waals surface area contributed by atoms with Gasteiger partial charge in [0, 0.05) is 17.5 Å². The molecule has 1 aromatic carbocycles. The summed E-state index contributed by atoms with van der Waals surface area (Å²) in [7, 11) is 0. The topological polar surface area (TPSA) is 101 Å². The Balaban J connectivity index is 0.000000282. The van der Waals surface area contributed by atoms with E-state index in [1.165, 1.54) is 25.3 Å². The predicted octanol–water partition coefficient (Wildman–Crippen LogP) is 4.54. The third-order valence-corrected chi connectivity index (χ3v) is 6.16. The fourth-order valence-electron chi connectivity index (χ4n) is 4.57. The lowest BCUT2D eigenvalue weighted by Gasteiger charge is -2.26.